The number of halogens is 1. The Morgan fingerprint density at radius 3 is 3.07 bits per heavy atom. The molecule has 10 heteroatoms. The molecule has 1 aliphatic heterocycles. The predicted octanol–water partition coefficient (Wildman–Crippen LogP) is 2.52. The van der Waals surface area contributed by atoms with Crippen LogP contribution < -0.4 is 10.0 Å². The van der Waals surface area contributed by atoms with Crippen molar-refractivity contribution in [2.75, 3.05) is 18.9 Å². The first-order valence-electron chi connectivity index (χ1n) is 8.94. The molecule has 0 aliphatic carbocycles. The minimum absolute atomic E-state index is 0.0354. The number of hydrogen-bond acceptors (Lipinski definition) is 7. The van der Waals surface area contributed by atoms with Crippen LogP contribution in [0.15, 0.2) is 41.3 Å². The first kappa shape index (κ1) is 21.2. The molecular formula is C18H24IN7OS. The molecule has 2 atom stereocenters. The number of allylic oxidation sites excluding steroid dienone is 1. The van der Waals surface area contributed by atoms with Crippen LogP contribution in [0.4, 0.5) is 5.95 Å². The van der Waals surface area contributed by atoms with Crippen molar-refractivity contribution in [1.82, 2.24) is 24.3 Å². The number of hydrogen-bond donors (Lipinski definition) is 2. The van der Waals surface area contributed by atoms with Crippen LogP contribution in [0.2, 0.25) is 0 Å². The molecule has 0 bridgehead atoms. The quantitative estimate of drug-likeness (QED) is 0.267. The van der Waals surface area contributed by atoms with Crippen molar-refractivity contribution < 1.29 is 4.55 Å². The van der Waals surface area contributed by atoms with Crippen molar-refractivity contribution in [3.63, 3.8) is 0 Å². The Balaban J connectivity index is 1.62. The lowest BCUT2D eigenvalue weighted by atomic mass is 9.88. The zero-order valence-corrected chi connectivity index (χ0v) is 19.1. The number of anilines is 1. The Hall–Kier alpha value is -1.50. The molecule has 0 aromatic carbocycles. The molecule has 150 valence electrons. The monoisotopic (exact) mass is 513 g/mol. The Labute approximate surface area is 181 Å². The summed E-state index contributed by atoms with van der Waals surface area (Å²) in [5.74, 6) is 0.709. The zero-order chi connectivity index (χ0) is 20.3. The van der Waals surface area contributed by atoms with Gasteiger partial charge in [-0.05, 0) is 60.9 Å². The van der Waals surface area contributed by atoms with Crippen molar-refractivity contribution in [1.29, 1.82) is 0 Å². The van der Waals surface area contributed by atoms with Crippen molar-refractivity contribution in [3.8, 4) is 0 Å². The highest BCUT2D eigenvalue weighted by Gasteiger charge is 2.45. The second-order valence-corrected chi connectivity index (χ2v) is 9.94. The van der Waals surface area contributed by atoms with Gasteiger partial charge in [0.15, 0.2) is 10.4 Å². The number of fused-ring (bicyclic) bond motifs is 1. The fourth-order valence-corrected chi connectivity index (χ4v) is 4.86. The highest BCUT2D eigenvalue weighted by Crippen LogP contribution is 2.37. The summed E-state index contributed by atoms with van der Waals surface area (Å²) in [7, 11) is 1.72. The fraction of sp³-hybridized carbons (Fsp3) is 0.444. The smallest absolute Gasteiger partial charge is 0.210 e. The molecule has 2 N–H and O–H groups in total. The summed E-state index contributed by atoms with van der Waals surface area (Å²) in [5.41, 5.74) is 2.74. The summed E-state index contributed by atoms with van der Waals surface area (Å²) in [6.07, 6.45) is 8.75. The van der Waals surface area contributed by atoms with E-state index in [0.29, 0.717) is 5.95 Å². The average molecular weight is 513 g/mol. The van der Waals surface area contributed by atoms with Gasteiger partial charge in [-0.15, -0.1) is 14.9 Å². The molecule has 0 radical (unpaired) electrons. The van der Waals surface area contributed by atoms with Gasteiger partial charge in [0.2, 0.25) is 5.95 Å². The van der Waals surface area contributed by atoms with E-state index in [2.05, 4.69) is 59.4 Å². The Morgan fingerprint density at radius 2 is 2.32 bits per heavy atom. The minimum atomic E-state index is -1.19. The standard InChI is InChI=1S/C18H24IN7OS/c1-12-13(7-9-20-4)18(2,3)28(27)25-15(12)6-5-8-21-17-22-10-14(19)16-24-23-11-26(16)17/h7,9-11,15,25H,1,5-6,8H2,2-4H3,(H,21,22)/b13-7+,20-9-/t15-,28?/m0/s1. The normalized spacial score (nSPS) is 23.8. The van der Waals surface area contributed by atoms with E-state index in [4.69, 9.17) is 0 Å². The third-order valence-electron chi connectivity index (χ3n) is 4.76. The van der Waals surface area contributed by atoms with Crippen LogP contribution in [-0.2, 0) is 11.4 Å². The molecule has 8 nitrogen and oxygen atoms in total. The number of rotatable bonds is 6. The highest BCUT2D eigenvalue weighted by atomic mass is 127. The lowest BCUT2D eigenvalue weighted by Crippen LogP contribution is -2.54. The largest absolute Gasteiger partial charge is 0.597 e. The number of nitrogens with one attached hydrogen (secondary N) is 2. The Bertz CT molecular complexity index is 924. The van der Waals surface area contributed by atoms with E-state index in [-0.39, 0.29) is 6.04 Å². The fourth-order valence-electron chi connectivity index (χ4n) is 3.14. The van der Waals surface area contributed by atoms with Crippen LogP contribution in [0.5, 0.6) is 0 Å². The summed E-state index contributed by atoms with van der Waals surface area (Å²) in [6.45, 7) is 8.90. The molecule has 1 aliphatic rings. The van der Waals surface area contributed by atoms with E-state index >= 15 is 0 Å². The molecule has 0 saturated carbocycles. The maximum atomic E-state index is 12.7. The lowest BCUT2D eigenvalue weighted by molar-refractivity contribution is 0.505. The van der Waals surface area contributed by atoms with Crippen molar-refractivity contribution in [2.24, 2.45) is 4.99 Å². The molecule has 3 rings (SSSR count). The molecule has 1 fully saturated rings. The molecule has 2 aromatic heterocycles. The topological polar surface area (TPSA) is 103 Å². The number of nitrogens with zero attached hydrogens (tertiary/aromatic N) is 5. The van der Waals surface area contributed by atoms with Gasteiger partial charge in [0.25, 0.3) is 0 Å². The van der Waals surface area contributed by atoms with Crippen molar-refractivity contribution in [3.05, 3.63) is 39.9 Å². The van der Waals surface area contributed by atoms with E-state index in [9.17, 15) is 4.55 Å². The SMILES string of the molecule is C=C1/C(=C\C=N/C)C(C)(C)[S+]([O-])N[C@H]1CCCNc1ncc(I)c2nncn12. The van der Waals surface area contributed by atoms with Gasteiger partial charge in [0.05, 0.1) is 9.61 Å². The Morgan fingerprint density at radius 1 is 1.54 bits per heavy atom. The summed E-state index contributed by atoms with van der Waals surface area (Å²) in [6, 6.07) is -0.0354. The third kappa shape index (κ3) is 4.24. The van der Waals surface area contributed by atoms with Gasteiger partial charge in [-0.2, -0.15) is 0 Å². The third-order valence-corrected chi connectivity index (χ3v) is 7.17. The molecule has 28 heavy (non-hydrogen) atoms. The van der Waals surface area contributed by atoms with Gasteiger partial charge in [0.1, 0.15) is 6.33 Å². The van der Waals surface area contributed by atoms with Crippen LogP contribution in [-0.4, -0.2) is 54.7 Å². The first-order chi connectivity index (χ1) is 13.4. The first-order valence-corrected chi connectivity index (χ1v) is 11.2. The average Bonchev–Trinajstić information content (AvgIpc) is 3.15. The highest BCUT2D eigenvalue weighted by molar-refractivity contribution is 14.1. The number of aliphatic imine (C=N–C) groups is 1. The van der Waals surface area contributed by atoms with Gasteiger partial charge >= 0.3 is 0 Å². The van der Waals surface area contributed by atoms with E-state index in [1.807, 2.05) is 24.3 Å². The van der Waals surface area contributed by atoms with Crippen LogP contribution in [0.1, 0.15) is 26.7 Å². The number of aromatic nitrogens is 4. The van der Waals surface area contributed by atoms with Gasteiger partial charge in [0, 0.05) is 42.9 Å². The van der Waals surface area contributed by atoms with Gasteiger partial charge in [-0.1, -0.05) is 6.58 Å². The molecule has 2 aromatic rings. The lowest BCUT2D eigenvalue weighted by Gasteiger charge is -2.40. The minimum Gasteiger partial charge on any atom is -0.597 e. The van der Waals surface area contributed by atoms with E-state index in [0.717, 1.165) is 39.7 Å². The molecule has 1 unspecified atom stereocenters. The van der Waals surface area contributed by atoms with Crippen molar-refractivity contribution >= 4 is 51.8 Å². The van der Waals surface area contributed by atoms with Crippen LogP contribution in [0.25, 0.3) is 5.65 Å². The van der Waals surface area contributed by atoms with E-state index in [1.165, 1.54) is 0 Å². The Kier molecular flexibility index (Phi) is 6.73. The van der Waals surface area contributed by atoms with Crippen molar-refractivity contribution in [2.45, 2.75) is 37.5 Å². The maximum Gasteiger partial charge on any atom is 0.210 e. The van der Waals surface area contributed by atoms with Crippen LogP contribution in [0.3, 0.4) is 0 Å². The van der Waals surface area contributed by atoms with Gasteiger partial charge in [-0.25, -0.2) is 4.98 Å². The maximum absolute atomic E-state index is 12.7. The van der Waals surface area contributed by atoms with E-state index < -0.39 is 16.1 Å². The zero-order valence-electron chi connectivity index (χ0n) is 16.1. The van der Waals surface area contributed by atoms with Crippen LogP contribution in [0, 0.1) is 3.57 Å². The van der Waals surface area contributed by atoms with E-state index in [1.54, 1.807) is 25.8 Å². The van der Waals surface area contributed by atoms with Gasteiger partial charge < -0.3 is 9.87 Å². The molecule has 3 heterocycles. The van der Waals surface area contributed by atoms with Gasteiger partial charge in [-0.3, -0.25) is 9.39 Å². The summed E-state index contributed by atoms with van der Waals surface area (Å²) in [4.78, 5) is 8.44. The molecule has 1 saturated heterocycles. The second-order valence-electron chi connectivity index (χ2n) is 6.99. The summed E-state index contributed by atoms with van der Waals surface area (Å²) >= 11 is 1.00. The summed E-state index contributed by atoms with van der Waals surface area (Å²) in [5, 5.41) is 11.4. The molecule has 0 amide bonds. The second kappa shape index (κ2) is 8.89. The van der Waals surface area contributed by atoms with Crippen LogP contribution >= 0.6 is 22.6 Å². The predicted molar refractivity (Wildman–Crippen MR) is 122 cm³/mol. The molecule has 0 spiro atoms. The summed E-state index contributed by atoms with van der Waals surface area (Å²) < 4.78 is 18.2. The molecular weight excluding hydrogens is 489 g/mol.